The molecule has 1 N–H and O–H groups in total. The maximum Gasteiger partial charge on any atom is 0.261 e. The van der Waals surface area contributed by atoms with Crippen LogP contribution < -0.4 is 5.32 Å². The zero-order chi connectivity index (χ0) is 25.7. The van der Waals surface area contributed by atoms with E-state index in [2.05, 4.69) is 5.32 Å². The second-order valence-electron chi connectivity index (χ2n) is 9.44. The largest absolute Gasteiger partial charge is 0.352 e. The van der Waals surface area contributed by atoms with E-state index in [9.17, 15) is 19.2 Å². The number of nitrogens with zero attached hydrogens (tertiary/aromatic N) is 2. The topological polar surface area (TPSA) is 86.8 Å². The average Bonchev–Trinajstić information content (AvgIpc) is 3.47. The summed E-state index contributed by atoms with van der Waals surface area (Å²) in [5.74, 6) is -1.03. The number of rotatable bonds is 10. The molecule has 8 heteroatoms. The van der Waals surface area contributed by atoms with Crippen molar-refractivity contribution in [1.29, 1.82) is 0 Å². The Balaban J connectivity index is 1.45. The van der Waals surface area contributed by atoms with Crippen molar-refractivity contribution in [3.8, 4) is 0 Å². The van der Waals surface area contributed by atoms with Crippen molar-refractivity contribution in [1.82, 2.24) is 15.1 Å². The van der Waals surface area contributed by atoms with E-state index in [4.69, 9.17) is 11.6 Å². The van der Waals surface area contributed by atoms with Gasteiger partial charge in [0.25, 0.3) is 11.8 Å². The number of hydrogen-bond acceptors (Lipinski definition) is 4. The standard InChI is InChI=1S/C28H32ClN3O4/c1-2-24(26(34)30-20-11-4-5-12-20)32(18-19-10-3-8-15-23(19)29)25(33)16-9-17-31-27(35)21-13-6-7-14-22(21)28(31)36/h3,6-8,10,13-15,20,24H,2,4-5,9,11-12,16-18H2,1H3,(H,30,34). The monoisotopic (exact) mass is 509 g/mol. The van der Waals surface area contributed by atoms with E-state index < -0.39 is 6.04 Å². The minimum absolute atomic E-state index is 0.102. The molecule has 36 heavy (non-hydrogen) atoms. The highest BCUT2D eigenvalue weighted by Crippen LogP contribution is 2.24. The van der Waals surface area contributed by atoms with Crippen molar-refractivity contribution in [2.45, 2.75) is 70.5 Å². The van der Waals surface area contributed by atoms with Gasteiger partial charge in [-0.3, -0.25) is 24.1 Å². The van der Waals surface area contributed by atoms with E-state index in [0.29, 0.717) is 29.0 Å². The first-order valence-corrected chi connectivity index (χ1v) is 13.1. The first-order chi connectivity index (χ1) is 17.4. The fourth-order valence-electron chi connectivity index (χ4n) is 5.07. The number of fused-ring (bicyclic) bond motifs is 1. The Hall–Kier alpha value is -3.19. The van der Waals surface area contributed by atoms with Crippen LogP contribution in [0.25, 0.3) is 0 Å². The molecule has 1 unspecified atom stereocenters. The minimum Gasteiger partial charge on any atom is -0.352 e. The summed E-state index contributed by atoms with van der Waals surface area (Å²) in [7, 11) is 0. The van der Waals surface area contributed by atoms with Crippen LogP contribution in [0.1, 0.15) is 78.1 Å². The van der Waals surface area contributed by atoms with Crippen LogP contribution in [0.15, 0.2) is 48.5 Å². The number of benzene rings is 2. The Kier molecular flexibility index (Phi) is 8.41. The fourth-order valence-corrected chi connectivity index (χ4v) is 5.27. The van der Waals surface area contributed by atoms with Gasteiger partial charge in [0.2, 0.25) is 11.8 Å². The summed E-state index contributed by atoms with van der Waals surface area (Å²) < 4.78 is 0. The summed E-state index contributed by atoms with van der Waals surface area (Å²) in [6.45, 7) is 2.25. The number of imide groups is 1. The van der Waals surface area contributed by atoms with Crippen molar-refractivity contribution in [2.75, 3.05) is 6.54 Å². The summed E-state index contributed by atoms with van der Waals surface area (Å²) in [4.78, 5) is 54.8. The van der Waals surface area contributed by atoms with E-state index in [1.165, 1.54) is 4.90 Å². The van der Waals surface area contributed by atoms with E-state index in [-0.39, 0.29) is 49.2 Å². The third-order valence-corrected chi connectivity index (χ3v) is 7.41. The molecule has 1 heterocycles. The lowest BCUT2D eigenvalue weighted by atomic mass is 10.1. The van der Waals surface area contributed by atoms with Gasteiger partial charge in [0, 0.05) is 30.6 Å². The van der Waals surface area contributed by atoms with Gasteiger partial charge in [-0.1, -0.05) is 61.7 Å². The predicted octanol–water partition coefficient (Wildman–Crippen LogP) is 4.58. The molecule has 2 aromatic rings. The number of halogens is 1. The highest BCUT2D eigenvalue weighted by atomic mass is 35.5. The van der Waals surface area contributed by atoms with Gasteiger partial charge in [0.1, 0.15) is 6.04 Å². The number of carbonyl (C=O) groups excluding carboxylic acids is 4. The molecule has 0 aromatic heterocycles. The number of hydrogen-bond donors (Lipinski definition) is 1. The van der Waals surface area contributed by atoms with Gasteiger partial charge >= 0.3 is 0 Å². The molecule has 0 radical (unpaired) electrons. The Morgan fingerprint density at radius 2 is 1.64 bits per heavy atom. The van der Waals surface area contributed by atoms with Crippen LogP contribution in [-0.2, 0) is 16.1 Å². The Morgan fingerprint density at radius 1 is 1.03 bits per heavy atom. The second kappa shape index (κ2) is 11.7. The predicted molar refractivity (Wildman–Crippen MR) is 138 cm³/mol. The molecule has 0 bridgehead atoms. The van der Waals surface area contributed by atoms with Crippen LogP contribution in [0.4, 0.5) is 0 Å². The molecule has 1 aliphatic carbocycles. The molecule has 1 fully saturated rings. The highest BCUT2D eigenvalue weighted by Gasteiger charge is 2.35. The zero-order valence-corrected chi connectivity index (χ0v) is 21.3. The summed E-state index contributed by atoms with van der Waals surface area (Å²) in [5.41, 5.74) is 1.55. The third-order valence-electron chi connectivity index (χ3n) is 7.04. The lowest BCUT2D eigenvalue weighted by Crippen LogP contribution is -2.51. The van der Waals surface area contributed by atoms with Gasteiger partial charge < -0.3 is 10.2 Å². The van der Waals surface area contributed by atoms with Crippen LogP contribution in [0.5, 0.6) is 0 Å². The van der Waals surface area contributed by atoms with E-state index >= 15 is 0 Å². The highest BCUT2D eigenvalue weighted by molar-refractivity contribution is 6.31. The van der Waals surface area contributed by atoms with Crippen molar-refractivity contribution in [2.24, 2.45) is 0 Å². The van der Waals surface area contributed by atoms with Gasteiger partial charge in [-0.15, -0.1) is 0 Å². The summed E-state index contributed by atoms with van der Waals surface area (Å²) in [5, 5.41) is 3.66. The quantitative estimate of drug-likeness (QED) is 0.475. The van der Waals surface area contributed by atoms with Gasteiger partial charge in [-0.2, -0.15) is 0 Å². The molecule has 2 aromatic carbocycles. The first kappa shape index (κ1) is 25.9. The molecule has 4 rings (SSSR count). The van der Waals surface area contributed by atoms with Gasteiger partial charge in [0.15, 0.2) is 0 Å². The molecule has 2 aliphatic rings. The molecule has 7 nitrogen and oxygen atoms in total. The molecule has 0 spiro atoms. The van der Waals surface area contributed by atoms with Crippen LogP contribution in [0, 0.1) is 0 Å². The zero-order valence-electron chi connectivity index (χ0n) is 20.5. The van der Waals surface area contributed by atoms with Crippen molar-refractivity contribution in [3.63, 3.8) is 0 Å². The lowest BCUT2D eigenvalue weighted by Gasteiger charge is -2.32. The average molecular weight is 510 g/mol. The van der Waals surface area contributed by atoms with Crippen molar-refractivity contribution >= 4 is 35.2 Å². The summed E-state index contributed by atoms with van der Waals surface area (Å²) in [6, 6.07) is 13.5. The molecular weight excluding hydrogens is 478 g/mol. The third kappa shape index (κ3) is 5.62. The van der Waals surface area contributed by atoms with E-state index in [1.807, 2.05) is 25.1 Å². The summed E-state index contributed by atoms with van der Waals surface area (Å²) >= 11 is 6.38. The molecule has 4 amide bonds. The lowest BCUT2D eigenvalue weighted by molar-refractivity contribution is -0.141. The Morgan fingerprint density at radius 3 is 2.25 bits per heavy atom. The molecule has 0 saturated heterocycles. The normalized spacial score (nSPS) is 16.2. The van der Waals surface area contributed by atoms with E-state index in [1.54, 1.807) is 35.2 Å². The molecule has 1 atom stereocenters. The maximum absolute atomic E-state index is 13.5. The smallest absolute Gasteiger partial charge is 0.261 e. The number of carbonyl (C=O) groups is 4. The Labute approximate surface area is 216 Å². The maximum atomic E-state index is 13.5. The Bertz CT molecular complexity index is 1110. The molecule has 1 aliphatic heterocycles. The SMILES string of the molecule is CCC(C(=O)NC1CCCC1)N(Cc1ccccc1Cl)C(=O)CCCN1C(=O)c2ccccc2C1=O. The molecule has 190 valence electrons. The number of amides is 4. The molecular formula is C28H32ClN3O4. The van der Waals surface area contributed by atoms with E-state index in [0.717, 1.165) is 31.2 Å². The molecule has 1 saturated carbocycles. The first-order valence-electron chi connectivity index (χ1n) is 12.7. The summed E-state index contributed by atoms with van der Waals surface area (Å²) in [6.07, 6.45) is 4.99. The van der Waals surface area contributed by atoms with Gasteiger partial charge in [-0.25, -0.2) is 0 Å². The fraction of sp³-hybridized carbons (Fsp3) is 0.429. The van der Waals surface area contributed by atoms with Crippen LogP contribution in [-0.4, -0.2) is 52.1 Å². The van der Waals surface area contributed by atoms with Crippen LogP contribution in [0.2, 0.25) is 5.02 Å². The van der Waals surface area contributed by atoms with Gasteiger partial charge in [-0.05, 0) is 49.4 Å². The van der Waals surface area contributed by atoms with Crippen molar-refractivity contribution < 1.29 is 19.2 Å². The van der Waals surface area contributed by atoms with Crippen molar-refractivity contribution in [3.05, 3.63) is 70.2 Å². The minimum atomic E-state index is -0.631. The van der Waals surface area contributed by atoms with Gasteiger partial charge in [0.05, 0.1) is 11.1 Å². The second-order valence-corrected chi connectivity index (χ2v) is 9.85. The van der Waals surface area contributed by atoms with Crippen LogP contribution in [0.3, 0.4) is 0 Å². The van der Waals surface area contributed by atoms with Crippen LogP contribution >= 0.6 is 11.6 Å². The number of nitrogens with one attached hydrogen (secondary N) is 1.